The number of nitrogens with two attached hydrogens (primary N) is 1. The van der Waals surface area contributed by atoms with E-state index in [1.165, 1.54) is 0 Å². The summed E-state index contributed by atoms with van der Waals surface area (Å²) in [6.45, 7) is 0.0253. The molecule has 0 bridgehead atoms. The van der Waals surface area contributed by atoms with Crippen LogP contribution in [-0.4, -0.2) is 29.8 Å². The van der Waals surface area contributed by atoms with Crippen LogP contribution < -0.4 is 5.73 Å². The average molecular weight is 283 g/mol. The highest BCUT2D eigenvalue weighted by Gasteiger charge is 2.09. The predicted octanol–water partition coefficient (Wildman–Crippen LogP) is 2.02. The molecule has 0 radical (unpaired) electrons. The van der Waals surface area contributed by atoms with Crippen molar-refractivity contribution >= 4 is 0 Å². The monoisotopic (exact) mass is 283 g/mol. The molecule has 0 spiro atoms. The summed E-state index contributed by atoms with van der Waals surface area (Å²) in [6.07, 6.45) is -2.13. The van der Waals surface area contributed by atoms with Gasteiger partial charge in [0, 0.05) is 18.5 Å². The molecule has 1 heterocycles. The van der Waals surface area contributed by atoms with Gasteiger partial charge in [-0.1, -0.05) is 17.3 Å². The summed E-state index contributed by atoms with van der Waals surface area (Å²) in [6, 6.07) is 7.44. The van der Waals surface area contributed by atoms with Crippen LogP contribution in [0.15, 0.2) is 28.8 Å². The molecule has 0 aliphatic rings. The smallest absolute Gasteiger partial charge is 0.261 e. The molecule has 0 aliphatic carbocycles. The molecule has 0 fully saturated rings. The highest BCUT2D eigenvalue weighted by Crippen LogP contribution is 2.17. The van der Waals surface area contributed by atoms with Gasteiger partial charge in [-0.15, -0.1) is 0 Å². The van der Waals surface area contributed by atoms with Crippen molar-refractivity contribution in [2.45, 2.75) is 19.4 Å². The predicted molar refractivity (Wildman–Crippen MR) is 68.2 cm³/mol. The first-order valence-electron chi connectivity index (χ1n) is 6.17. The van der Waals surface area contributed by atoms with E-state index in [0.29, 0.717) is 24.7 Å². The molecule has 7 heteroatoms. The Bertz CT molecular complexity index is 529. The second-order valence-corrected chi connectivity index (χ2v) is 4.13. The zero-order valence-electron chi connectivity index (χ0n) is 10.8. The van der Waals surface area contributed by atoms with Gasteiger partial charge in [0.2, 0.25) is 0 Å². The maximum absolute atomic E-state index is 11.9. The summed E-state index contributed by atoms with van der Waals surface area (Å²) in [5.74, 6) is 0.814. The van der Waals surface area contributed by atoms with E-state index >= 15 is 0 Å². The maximum atomic E-state index is 11.9. The van der Waals surface area contributed by atoms with Crippen molar-refractivity contribution in [2.24, 2.45) is 5.73 Å². The summed E-state index contributed by atoms with van der Waals surface area (Å²) in [5, 5.41) is 3.77. The summed E-state index contributed by atoms with van der Waals surface area (Å²) >= 11 is 0. The first kappa shape index (κ1) is 14.5. The lowest BCUT2D eigenvalue weighted by Gasteiger charge is -1.99. The van der Waals surface area contributed by atoms with Gasteiger partial charge in [-0.05, 0) is 17.7 Å². The molecule has 2 aromatic rings. The van der Waals surface area contributed by atoms with Crippen LogP contribution in [0.2, 0.25) is 0 Å². The van der Waals surface area contributed by atoms with Gasteiger partial charge >= 0.3 is 0 Å². The van der Waals surface area contributed by atoms with E-state index in [1.54, 1.807) is 0 Å². The van der Waals surface area contributed by atoms with Crippen LogP contribution in [0.5, 0.6) is 0 Å². The average Bonchev–Trinajstić information content (AvgIpc) is 2.92. The fourth-order valence-corrected chi connectivity index (χ4v) is 1.59. The summed E-state index contributed by atoms with van der Waals surface area (Å²) in [5.41, 5.74) is 7.31. The highest BCUT2D eigenvalue weighted by atomic mass is 19.3. The fourth-order valence-electron chi connectivity index (χ4n) is 1.59. The minimum Gasteiger partial charge on any atom is -0.375 e. The molecule has 0 amide bonds. The largest absolute Gasteiger partial charge is 0.375 e. The number of halogens is 2. The van der Waals surface area contributed by atoms with E-state index in [0.717, 1.165) is 11.1 Å². The first-order valence-corrected chi connectivity index (χ1v) is 6.17. The SMILES string of the molecule is NCc1ccc(-c2nc(CCOCC(F)F)no2)cc1. The van der Waals surface area contributed by atoms with Gasteiger partial charge in [-0.2, -0.15) is 4.98 Å². The number of benzene rings is 1. The van der Waals surface area contributed by atoms with Crippen molar-refractivity contribution in [3.8, 4) is 11.5 Å². The molecule has 1 aromatic heterocycles. The Morgan fingerprint density at radius 2 is 2.00 bits per heavy atom. The Labute approximate surface area is 114 Å². The van der Waals surface area contributed by atoms with Crippen LogP contribution in [-0.2, 0) is 17.7 Å². The summed E-state index contributed by atoms with van der Waals surface area (Å²) < 4.78 is 33.6. The van der Waals surface area contributed by atoms with Crippen molar-refractivity contribution in [3.63, 3.8) is 0 Å². The second kappa shape index (κ2) is 7.06. The second-order valence-electron chi connectivity index (χ2n) is 4.13. The number of hydrogen-bond donors (Lipinski definition) is 1. The van der Waals surface area contributed by atoms with Gasteiger partial charge in [0.05, 0.1) is 6.61 Å². The van der Waals surface area contributed by atoms with Gasteiger partial charge in [0.1, 0.15) is 6.61 Å². The molecule has 1 aromatic carbocycles. The van der Waals surface area contributed by atoms with Gasteiger partial charge in [-0.25, -0.2) is 8.78 Å². The zero-order chi connectivity index (χ0) is 14.4. The number of ether oxygens (including phenoxy) is 1. The lowest BCUT2D eigenvalue weighted by Crippen LogP contribution is -2.07. The van der Waals surface area contributed by atoms with Crippen LogP contribution >= 0.6 is 0 Å². The molecular formula is C13H15F2N3O2. The summed E-state index contributed by atoms with van der Waals surface area (Å²) in [7, 11) is 0. The minimum atomic E-state index is -2.46. The molecule has 0 saturated carbocycles. The van der Waals surface area contributed by atoms with Crippen molar-refractivity contribution in [1.82, 2.24) is 10.1 Å². The minimum absolute atomic E-state index is 0.134. The Hall–Kier alpha value is -1.86. The molecule has 108 valence electrons. The third-order valence-electron chi connectivity index (χ3n) is 2.62. The number of aromatic nitrogens is 2. The van der Waals surface area contributed by atoms with Crippen LogP contribution in [0.1, 0.15) is 11.4 Å². The zero-order valence-corrected chi connectivity index (χ0v) is 10.8. The van der Waals surface area contributed by atoms with E-state index in [-0.39, 0.29) is 6.61 Å². The Kier molecular flexibility index (Phi) is 5.14. The van der Waals surface area contributed by atoms with E-state index in [1.807, 2.05) is 24.3 Å². The van der Waals surface area contributed by atoms with E-state index in [9.17, 15) is 8.78 Å². The van der Waals surface area contributed by atoms with Crippen molar-refractivity contribution in [3.05, 3.63) is 35.7 Å². The van der Waals surface area contributed by atoms with E-state index < -0.39 is 13.0 Å². The molecule has 5 nitrogen and oxygen atoms in total. The molecule has 0 atom stereocenters. The van der Waals surface area contributed by atoms with Crippen LogP contribution in [0.4, 0.5) is 8.78 Å². The Balaban J connectivity index is 1.90. The molecule has 20 heavy (non-hydrogen) atoms. The third-order valence-corrected chi connectivity index (χ3v) is 2.62. The normalized spacial score (nSPS) is 11.2. The van der Waals surface area contributed by atoms with Crippen LogP contribution in [0.25, 0.3) is 11.5 Å². The number of nitrogens with zero attached hydrogens (tertiary/aromatic N) is 2. The van der Waals surface area contributed by atoms with Crippen molar-refractivity contribution < 1.29 is 18.0 Å². The van der Waals surface area contributed by atoms with E-state index in [4.69, 9.17) is 15.0 Å². The fraction of sp³-hybridized carbons (Fsp3) is 0.385. The Morgan fingerprint density at radius 1 is 1.25 bits per heavy atom. The molecule has 0 unspecified atom stereocenters. The van der Waals surface area contributed by atoms with Crippen molar-refractivity contribution in [1.29, 1.82) is 0 Å². The van der Waals surface area contributed by atoms with Crippen LogP contribution in [0, 0.1) is 0 Å². The number of hydrogen-bond acceptors (Lipinski definition) is 5. The third kappa shape index (κ3) is 4.07. The van der Waals surface area contributed by atoms with Gasteiger partial charge in [0.15, 0.2) is 5.82 Å². The quantitative estimate of drug-likeness (QED) is 0.787. The van der Waals surface area contributed by atoms with E-state index in [2.05, 4.69) is 10.1 Å². The molecule has 2 rings (SSSR count). The van der Waals surface area contributed by atoms with Crippen molar-refractivity contribution in [2.75, 3.05) is 13.2 Å². The number of alkyl halides is 2. The Morgan fingerprint density at radius 3 is 2.65 bits per heavy atom. The molecule has 0 aliphatic heterocycles. The van der Waals surface area contributed by atoms with Crippen LogP contribution in [0.3, 0.4) is 0 Å². The number of rotatable bonds is 7. The molecular weight excluding hydrogens is 268 g/mol. The topological polar surface area (TPSA) is 74.2 Å². The molecule has 0 saturated heterocycles. The first-order chi connectivity index (χ1) is 9.69. The standard InChI is InChI=1S/C13H15F2N3O2/c14-11(15)8-19-6-5-12-17-13(20-18-12)10-3-1-9(7-16)2-4-10/h1-4,11H,5-8,16H2. The van der Waals surface area contributed by atoms with Gasteiger partial charge in [-0.3, -0.25) is 0 Å². The molecule has 2 N–H and O–H groups in total. The lowest BCUT2D eigenvalue weighted by molar-refractivity contribution is 0.0182. The lowest BCUT2D eigenvalue weighted by atomic mass is 10.1. The maximum Gasteiger partial charge on any atom is 0.261 e. The highest BCUT2D eigenvalue weighted by molar-refractivity contribution is 5.53. The summed E-state index contributed by atoms with van der Waals surface area (Å²) in [4.78, 5) is 4.18. The van der Waals surface area contributed by atoms with Gasteiger partial charge < -0.3 is 15.0 Å². The van der Waals surface area contributed by atoms with Gasteiger partial charge in [0.25, 0.3) is 12.3 Å².